The molecule has 1 aliphatic rings. The first-order valence-electron chi connectivity index (χ1n) is 7.85. The number of hydrogen-bond acceptors (Lipinski definition) is 5. The minimum Gasteiger partial charge on any atom is -0.506 e. The van der Waals surface area contributed by atoms with E-state index in [1.807, 2.05) is 15.6 Å². The maximum absolute atomic E-state index is 12.0. The van der Waals surface area contributed by atoms with Gasteiger partial charge in [0.1, 0.15) is 11.4 Å². The van der Waals surface area contributed by atoms with Crippen LogP contribution in [-0.4, -0.2) is 28.4 Å². The van der Waals surface area contributed by atoms with Crippen molar-refractivity contribution in [1.29, 1.82) is 0 Å². The minimum atomic E-state index is -3.96. The van der Waals surface area contributed by atoms with Gasteiger partial charge in [-0.15, -0.1) is 0 Å². The Kier molecular flexibility index (Phi) is 4.34. The van der Waals surface area contributed by atoms with Crippen molar-refractivity contribution >= 4 is 15.9 Å². The maximum atomic E-state index is 12.0. The van der Waals surface area contributed by atoms with E-state index < -0.39 is 16.1 Å². The highest BCUT2D eigenvalue weighted by Crippen LogP contribution is 2.35. The van der Waals surface area contributed by atoms with Gasteiger partial charge in [0.05, 0.1) is 12.4 Å². The molecule has 134 valence electrons. The SMILES string of the molecule is CC(C)CCn1cc(-c2ccc(O)c(N3C=C(O)NS3(=O)=O)c2)cn1. The van der Waals surface area contributed by atoms with Crippen LogP contribution in [0.4, 0.5) is 5.69 Å². The quantitative estimate of drug-likeness (QED) is 0.755. The first-order chi connectivity index (χ1) is 11.8. The molecule has 0 atom stereocenters. The van der Waals surface area contributed by atoms with Gasteiger partial charge in [0.2, 0.25) is 5.88 Å². The van der Waals surface area contributed by atoms with Gasteiger partial charge in [-0.05, 0) is 30.0 Å². The second kappa shape index (κ2) is 6.32. The van der Waals surface area contributed by atoms with Crippen LogP contribution in [0, 0.1) is 5.92 Å². The van der Waals surface area contributed by atoms with Crippen LogP contribution in [0.1, 0.15) is 20.3 Å². The summed E-state index contributed by atoms with van der Waals surface area (Å²) in [6.07, 6.45) is 5.58. The molecule has 0 saturated carbocycles. The molecule has 2 heterocycles. The Hall–Kier alpha value is -2.68. The highest BCUT2D eigenvalue weighted by atomic mass is 32.2. The molecule has 0 fully saturated rings. The number of aromatic nitrogens is 2. The van der Waals surface area contributed by atoms with Crippen LogP contribution in [0.15, 0.2) is 42.7 Å². The number of anilines is 1. The van der Waals surface area contributed by atoms with E-state index in [1.165, 1.54) is 12.1 Å². The number of nitrogens with zero attached hydrogens (tertiary/aromatic N) is 3. The van der Waals surface area contributed by atoms with Crippen LogP contribution in [0.2, 0.25) is 0 Å². The average molecular weight is 364 g/mol. The summed E-state index contributed by atoms with van der Waals surface area (Å²) in [5, 5.41) is 23.8. The Bertz CT molecular complexity index is 918. The molecule has 0 unspecified atom stereocenters. The standard InChI is InChI=1S/C16H20N4O4S/c1-11(2)5-6-19-9-13(8-17-19)12-3-4-15(21)14(7-12)20-10-16(22)18-25(20,23)24/h3-4,7-11,18,21-22H,5-6H2,1-2H3. The van der Waals surface area contributed by atoms with Crippen molar-refractivity contribution in [2.24, 2.45) is 5.92 Å². The summed E-state index contributed by atoms with van der Waals surface area (Å²) in [7, 11) is -3.96. The highest BCUT2D eigenvalue weighted by Gasteiger charge is 2.30. The van der Waals surface area contributed by atoms with Gasteiger partial charge < -0.3 is 10.2 Å². The average Bonchev–Trinajstić information content (AvgIpc) is 3.09. The third-order valence-electron chi connectivity index (χ3n) is 3.85. The topological polar surface area (TPSA) is 108 Å². The summed E-state index contributed by atoms with van der Waals surface area (Å²) in [4.78, 5) is 0. The minimum absolute atomic E-state index is 0.0454. The van der Waals surface area contributed by atoms with Gasteiger partial charge >= 0.3 is 10.2 Å². The van der Waals surface area contributed by atoms with Crippen LogP contribution in [0.5, 0.6) is 5.75 Å². The molecular weight excluding hydrogens is 344 g/mol. The molecule has 3 N–H and O–H groups in total. The van der Waals surface area contributed by atoms with Gasteiger partial charge in [-0.1, -0.05) is 19.9 Å². The number of aliphatic hydroxyl groups is 1. The van der Waals surface area contributed by atoms with Crippen LogP contribution in [-0.2, 0) is 16.8 Å². The van der Waals surface area contributed by atoms with Crippen molar-refractivity contribution in [1.82, 2.24) is 14.5 Å². The molecule has 25 heavy (non-hydrogen) atoms. The highest BCUT2D eigenvalue weighted by molar-refractivity contribution is 7.91. The number of hydrogen-bond donors (Lipinski definition) is 3. The van der Waals surface area contributed by atoms with Gasteiger partial charge in [0.25, 0.3) is 0 Å². The van der Waals surface area contributed by atoms with Gasteiger partial charge in [-0.25, -0.2) is 9.03 Å². The van der Waals surface area contributed by atoms with E-state index in [-0.39, 0.29) is 11.4 Å². The predicted octanol–water partition coefficient (Wildman–Crippen LogP) is 2.31. The van der Waals surface area contributed by atoms with Crippen LogP contribution < -0.4 is 9.03 Å². The zero-order chi connectivity index (χ0) is 18.2. The molecule has 2 aromatic rings. The van der Waals surface area contributed by atoms with Crippen LogP contribution in [0.25, 0.3) is 11.1 Å². The molecule has 1 aromatic heterocycles. The molecule has 1 aliphatic heterocycles. The summed E-state index contributed by atoms with van der Waals surface area (Å²) in [6, 6.07) is 4.63. The number of phenols is 1. The van der Waals surface area contributed by atoms with E-state index in [4.69, 9.17) is 0 Å². The normalized spacial score (nSPS) is 16.1. The Morgan fingerprint density at radius 3 is 2.64 bits per heavy atom. The summed E-state index contributed by atoms with van der Waals surface area (Å²) in [5.41, 5.74) is 1.56. The molecule has 1 aromatic carbocycles. The number of aromatic hydroxyl groups is 1. The van der Waals surface area contributed by atoms with E-state index in [0.717, 1.165) is 29.0 Å². The van der Waals surface area contributed by atoms with E-state index >= 15 is 0 Å². The summed E-state index contributed by atoms with van der Waals surface area (Å²) < 4.78 is 28.6. The number of nitrogens with one attached hydrogen (secondary N) is 1. The van der Waals surface area contributed by atoms with Gasteiger partial charge in [-0.3, -0.25) is 4.68 Å². The molecule has 3 rings (SSSR count). The molecule has 0 saturated heterocycles. The van der Waals surface area contributed by atoms with E-state index in [9.17, 15) is 18.6 Å². The summed E-state index contributed by atoms with van der Waals surface area (Å²) >= 11 is 0. The summed E-state index contributed by atoms with van der Waals surface area (Å²) in [6.45, 7) is 5.08. The lowest BCUT2D eigenvalue weighted by atomic mass is 10.1. The smallest absolute Gasteiger partial charge is 0.330 e. The van der Waals surface area contributed by atoms with E-state index in [2.05, 4.69) is 18.9 Å². The molecule has 9 heteroatoms. The van der Waals surface area contributed by atoms with Gasteiger partial charge in [-0.2, -0.15) is 13.5 Å². The fourth-order valence-corrected chi connectivity index (χ4v) is 3.55. The first-order valence-corrected chi connectivity index (χ1v) is 9.29. The molecule has 0 radical (unpaired) electrons. The Labute approximate surface area is 146 Å². The van der Waals surface area contributed by atoms with Crippen molar-refractivity contribution in [3.63, 3.8) is 0 Å². The molecule has 8 nitrogen and oxygen atoms in total. The van der Waals surface area contributed by atoms with Crippen molar-refractivity contribution in [2.75, 3.05) is 4.31 Å². The first kappa shape index (κ1) is 17.2. The van der Waals surface area contributed by atoms with Crippen molar-refractivity contribution in [3.8, 4) is 16.9 Å². The summed E-state index contributed by atoms with van der Waals surface area (Å²) in [5.74, 6) is -0.154. The monoisotopic (exact) mass is 364 g/mol. The maximum Gasteiger partial charge on any atom is 0.330 e. The number of aryl methyl sites for hydroxylation is 1. The zero-order valence-corrected chi connectivity index (χ0v) is 14.7. The molecule has 0 aliphatic carbocycles. The van der Waals surface area contributed by atoms with Crippen molar-refractivity contribution < 1.29 is 18.6 Å². The fraction of sp³-hybridized carbons (Fsp3) is 0.312. The predicted molar refractivity (Wildman–Crippen MR) is 94.0 cm³/mol. The lowest BCUT2D eigenvalue weighted by molar-refractivity contribution is 0.392. The Morgan fingerprint density at radius 1 is 1.24 bits per heavy atom. The van der Waals surface area contributed by atoms with E-state index in [1.54, 1.807) is 12.3 Å². The van der Waals surface area contributed by atoms with Crippen LogP contribution in [0.3, 0.4) is 0 Å². The Morgan fingerprint density at radius 2 is 2.00 bits per heavy atom. The number of rotatable bonds is 5. The molecule has 0 spiro atoms. The zero-order valence-electron chi connectivity index (χ0n) is 13.9. The third-order valence-corrected chi connectivity index (χ3v) is 5.13. The lowest BCUT2D eigenvalue weighted by Crippen LogP contribution is -2.29. The Balaban J connectivity index is 1.92. The molecular formula is C16H20N4O4S. The van der Waals surface area contributed by atoms with Gasteiger partial charge in [0, 0.05) is 18.3 Å². The number of benzene rings is 1. The largest absolute Gasteiger partial charge is 0.506 e. The van der Waals surface area contributed by atoms with E-state index in [0.29, 0.717) is 11.5 Å². The number of phenolic OH excluding ortho intramolecular Hbond substituents is 1. The second-order valence-electron chi connectivity index (χ2n) is 6.30. The third kappa shape index (κ3) is 3.55. The lowest BCUT2D eigenvalue weighted by Gasteiger charge is -2.16. The number of aliphatic hydroxyl groups excluding tert-OH is 1. The fourth-order valence-electron chi connectivity index (χ4n) is 2.49. The molecule has 0 amide bonds. The molecule has 0 bridgehead atoms. The van der Waals surface area contributed by atoms with Crippen molar-refractivity contribution in [3.05, 3.63) is 42.7 Å². The van der Waals surface area contributed by atoms with Gasteiger partial charge in [0.15, 0.2) is 0 Å². The van der Waals surface area contributed by atoms with Crippen LogP contribution >= 0.6 is 0 Å². The van der Waals surface area contributed by atoms with Crippen molar-refractivity contribution in [2.45, 2.75) is 26.8 Å². The second-order valence-corrected chi connectivity index (χ2v) is 7.84.